The van der Waals surface area contributed by atoms with Gasteiger partial charge in [-0.25, -0.2) is 0 Å². The van der Waals surface area contributed by atoms with Gasteiger partial charge < -0.3 is 10.3 Å². The third kappa shape index (κ3) is 2.59. The van der Waals surface area contributed by atoms with Gasteiger partial charge in [0.15, 0.2) is 0 Å². The van der Waals surface area contributed by atoms with Gasteiger partial charge in [-0.1, -0.05) is 0 Å². The number of aryl methyl sites for hydroxylation is 2. The normalized spacial score (nSPS) is 20.4. The molecule has 1 atom stereocenters. The number of fused-ring (bicyclic) bond motifs is 1. The van der Waals surface area contributed by atoms with Crippen LogP contribution in [0, 0.1) is 5.92 Å². The Morgan fingerprint density at radius 1 is 1.35 bits per heavy atom. The summed E-state index contributed by atoms with van der Waals surface area (Å²) in [7, 11) is 0. The maximum absolute atomic E-state index is 12.7. The minimum absolute atomic E-state index is 0.0499. The van der Waals surface area contributed by atoms with Gasteiger partial charge >= 0.3 is 6.18 Å². The number of hydrogen-bond donors (Lipinski definition) is 1. The summed E-state index contributed by atoms with van der Waals surface area (Å²) in [5, 5.41) is 7.87. The van der Waals surface area contributed by atoms with Gasteiger partial charge in [0.2, 0.25) is 0 Å². The van der Waals surface area contributed by atoms with Gasteiger partial charge in [-0.05, 0) is 19.4 Å². The summed E-state index contributed by atoms with van der Waals surface area (Å²) in [6.45, 7) is 0.455. The van der Waals surface area contributed by atoms with Crippen LogP contribution in [0.25, 0.3) is 0 Å². The van der Waals surface area contributed by atoms with Crippen LogP contribution in [-0.4, -0.2) is 27.5 Å². The molecule has 1 aromatic heterocycles. The molecule has 0 spiro atoms. The maximum Gasteiger partial charge on any atom is 0.393 e. The zero-order valence-corrected chi connectivity index (χ0v) is 9.37. The van der Waals surface area contributed by atoms with Crippen molar-refractivity contribution in [3.8, 4) is 0 Å². The molecule has 2 heterocycles. The van der Waals surface area contributed by atoms with Crippen molar-refractivity contribution in [2.24, 2.45) is 11.7 Å². The van der Waals surface area contributed by atoms with Gasteiger partial charge in [-0.3, -0.25) is 0 Å². The van der Waals surface area contributed by atoms with E-state index in [1.165, 1.54) is 0 Å². The molecule has 1 aromatic rings. The zero-order chi connectivity index (χ0) is 12.5. The summed E-state index contributed by atoms with van der Waals surface area (Å²) in [5.41, 5.74) is 5.38. The molecular formula is C10H15F3N4. The minimum Gasteiger partial charge on any atom is -0.330 e. The number of nitrogens with zero attached hydrogens (tertiary/aromatic N) is 3. The molecule has 0 aliphatic carbocycles. The highest BCUT2D eigenvalue weighted by Gasteiger charge is 2.42. The van der Waals surface area contributed by atoms with E-state index in [0.717, 1.165) is 6.42 Å². The number of nitrogens with two attached hydrogens (primary N) is 1. The number of halogens is 3. The van der Waals surface area contributed by atoms with Crippen molar-refractivity contribution in [3.63, 3.8) is 0 Å². The molecule has 0 radical (unpaired) electrons. The first-order valence-electron chi connectivity index (χ1n) is 5.70. The van der Waals surface area contributed by atoms with Crippen LogP contribution < -0.4 is 5.73 Å². The molecule has 1 unspecified atom stereocenters. The van der Waals surface area contributed by atoms with E-state index in [0.29, 0.717) is 31.0 Å². The fourth-order valence-electron chi connectivity index (χ4n) is 2.10. The highest BCUT2D eigenvalue weighted by atomic mass is 19.4. The van der Waals surface area contributed by atoms with Gasteiger partial charge in [-0.15, -0.1) is 10.2 Å². The molecule has 0 aromatic carbocycles. The topological polar surface area (TPSA) is 56.7 Å². The maximum atomic E-state index is 12.7. The predicted octanol–water partition coefficient (Wildman–Crippen LogP) is 1.29. The van der Waals surface area contributed by atoms with Crippen LogP contribution in [0.15, 0.2) is 0 Å². The van der Waals surface area contributed by atoms with Crippen LogP contribution in [-0.2, 0) is 19.4 Å². The Kier molecular flexibility index (Phi) is 3.37. The van der Waals surface area contributed by atoms with Crippen molar-refractivity contribution in [1.82, 2.24) is 14.8 Å². The van der Waals surface area contributed by atoms with Crippen LogP contribution in [0.4, 0.5) is 13.2 Å². The van der Waals surface area contributed by atoms with Gasteiger partial charge in [0, 0.05) is 19.4 Å². The van der Waals surface area contributed by atoms with Gasteiger partial charge in [0.1, 0.15) is 11.6 Å². The SMILES string of the molecule is NCCCc1nnc2n1CC(C(F)(F)F)CC2. The molecule has 0 saturated carbocycles. The Balaban J connectivity index is 2.14. The summed E-state index contributed by atoms with van der Waals surface area (Å²) in [4.78, 5) is 0. The smallest absolute Gasteiger partial charge is 0.330 e. The Hall–Kier alpha value is -1.11. The highest BCUT2D eigenvalue weighted by molar-refractivity contribution is 5.01. The summed E-state index contributed by atoms with van der Waals surface area (Å²) in [6, 6.07) is 0. The van der Waals surface area contributed by atoms with E-state index in [1.54, 1.807) is 4.57 Å². The Morgan fingerprint density at radius 3 is 2.76 bits per heavy atom. The molecule has 96 valence electrons. The number of aromatic nitrogens is 3. The number of hydrogen-bond acceptors (Lipinski definition) is 3. The fraction of sp³-hybridized carbons (Fsp3) is 0.800. The van der Waals surface area contributed by atoms with Crippen molar-refractivity contribution in [1.29, 1.82) is 0 Å². The molecule has 1 aliphatic rings. The van der Waals surface area contributed by atoms with E-state index in [2.05, 4.69) is 10.2 Å². The van der Waals surface area contributed by atoms with Gasteiger partial charge in [0.05, 0.1) is 5.92 Å². The second-order valence-electron chi connectivity index (χ2n) is 4.31. The van der Waals surface area contributed by atoms with Crippen molar-refractivity contribution in [2.75, 3.05) is 6.54 Å². The summed E-state index contributed by atoms with van der Waals surface area (Å²) < 4.78 is 39.6. The molecule has 7 heteroatoms. The van der Waals surface area contributed by atoms with Crippen LogP contribution in [0.3, 0.4) is 0 Å². The molecule has 1 aliphatic heterocycles. The third-order valence-corrected chi connectivity index (χ3v) is 3.09. The fourth-order valence-corrected chi connectivity index (χ4v) is 2.10. The van der Waals surface area contributed by atoms with Crippen LogP contribution in [0.1, 0.15) is 24.5 Å². The van der Waals surface area contributed by atoms with Crippen LogP contribution in [0.2, 0.25) is 0 Å². The second-order valence-corrected chi connectivity index (χ2v) is 4.31. The lowest BCUT2D eigenvalue weighted by molar-refractivity contribution is -0.182. The van der Waals surface area contributed by atoms with E-state index >= 15 is 0 Å². The number of rotatable bonds is 3. The Morgan fingerprint density at radius 2 is 2.12 bits per heavy atom. The van der Waals surface area contributed by atoms with Crippen molar-refractivity contribution < 1.29 is 13.2 Å². The molecular weight excluding hydrogens is 233 g/mol. The summed E-state index contributed by atoms with van der Waals surface area (Å²) in [6.07, 6.45) is -2.37. The van der Waals surface area contributed by atoms with Crippen molar-refractivity contribution in [3.05, 3.63) is 11.6 Å². The Labute approximate surface area is 97.0 Å². The van der Waals surface area contributed by atoms with Crippen molar-refractivity contribution >= 4 is 0 Å². The average molecular weight is 248 g/mol. The quantitative estimate of drug-likeness (QED) is 0.877. The summed E-state index contributed by atoms with van der Waals surface area (Å²) >= 11 is 0. The van der Waals surface area contributed by atoms with Crippen LogP contribution in [0.5, 0.6) is 0 Å². The molecule has 0 saturated heterocycles. The van der Waals surface area contributed by atoms with Crippen molar-refractivity contribution in [2.45, 2.75) is 38.4 Å². The first-order valence-corrected chi connectivity index (χ1v) is 5.70. The lowest BCUT2D eigenvalue weighted by Crippen LogP contribution is -2.32. The second kappa shape index (κ2) is 4.64. The summed E-state index contributed by atoms with van der Waals surface area (Å²) in [5.74, 6) is 0.0135. The molecule has 17 heavy (non-hydrogen) atoms. The van der Waals surface area contributed by atoms with E-state index in [1.807, 2.05) is 0 Å². The first-order chi connectivity index (χ1) is 8.02. The van der Waals surface area contributed by atoms with Gasteiger partial charge in [0.25, 0.3) is 0 Å². The van der Waals surface area contributed by atoms with E-state index in [4.69, 9.17) is 5.73 Å². The average Bonchev–Trinajstić information content (AvgIpc) is 2.67. The third-order valence-electron chi connectivity index (χ3n) is 3.09. The molecule has 0 bridgehead atoms. The monoisotopic (exact) mass is 248 g/mol. The lowest BCUT2D eigenvalue weighted by atomic mass is 9.98. The molecule has 2 N–H and O–H groups in total. The van der Waals surface area contributed by atoms with Crippen LogP contribution >= 0.6 is 0 Å². The molecule has 0 fully saturated rings. The minimum atomic E-state index is -4.13. The highest BCUT2D eigenvalue weighted by Crippen LogP contribution is 2.34. The lowest BCUT2D eigenvalue weighted by Gasteiger charge is -2.26. The first kappa shape index (κ1) is 12.3. The van der Waals surface area contributed by atoms with E-state index < -0.39 is 12.1 Å². The number of alkyl halides is 3. The van der Waals surface area contributed by atoms with E-state index in [-0.39, 0.29) is 13.0 Å². The standard InChI is InChI=1S/C10H15F3N4/c11-10(12,13)7-3-4-9-16-15-8(2-1-5-14)17(9)6-7/h7H,1-6,14H2. The molecule has 4 nitrogen and oxygen atoms in total. The molecule has 0 amide bonds. The predicted molar refractivity (Wildman–Crippen MR) is 55.3 cm³/mol. The van der Waals surface area contributed by atoms with E-state index in [9.17, 15) is 13.2 Å². The van der Waals surface area contributed by atoms with Gasteiger partial charge in [-0.2, -0.15) is 13.2 Å². The Bertz CT molecular complexity index is 385. The largest absolute Gasteiger partial charge is 0.393 e. The molecule has 2 rings (SSSR count). The zero-order valence-electron chi connectivity index (χ0n) is 9.37.